The molecule has 0 aliphatic heterocycles. The molecule has 0 aromatic rings. The third-order valence-corrected chi connectivity index (χ3v) is 1.74. The lowest BCUT2D eigenvalue weighted by molar-refractivity contribution is 0.306. The van der Waals surface area contributed by atoms with E-state index in [0.717, 1.165) is 12.2 Å². The molecule has 1 aliphatic carbocycles. The van der Waals surface area contributed by atoms with E-state index in [1.165, 1.54) is 11.1 Å². The van der Waals surface area contributed by atoms with Crippen molar-refractivity contribution in [2.45, 2.75) is 20.3 Å². The summed E-state index contributed by atoms with van der Waals surface area (Å²) in [6.07, 6.45) is 7.37. The summed E-state index contributed by atoms with van der Waals surface area (Å²) in [5.41, 5.74) is 2.62. The van der Waals surface area contributed by atoms with E-state index in [0.29, 0.717) is 0 Å². The fourth-order valence-electron chi connectivity index (χ4n) is 1.07. The monoisotopic (exact) mass is 150 g/mol. The summed E-state index contributed by atoms with van der Waals surface area (Å²) in [5, 5.41) is 0. The molecule has 0 spiro atoms. The first kappa shape index (κ1) is 8.12. The zero-order valence-corrected chi connectivity index (χ0v) is 7.35. The maximum atomic E-state index is 5.16. The highest BCUT2D eigenvalue weighted by Crippen LogP contribution is 2.15. The van der Waals surface area contributed by atoms with Crippen LogP contribution in [-0.2, 0) is 4.74 Å². The van der Waals surface area contributed by atoms with Crippen molar-refractivity contribution in [2.24, 2.45) is 0 Å². The Morgan fingerprint density at radius 2 is 2.00 bits per heavy atom. The molecule has 0 radical (unpaired) electrons. The Kier molecular flexibility index (Phi) is 2.53. The van der Waals surface area contributed by atoms with Crippen LogP contribution in [0.3, 0.4) is 0 Å². The molecule has 0 saturated carbocycles. The Labute approximate surface area is 68.1 Å². The van der Waals surface area contributed by atoms with Crippen molar-refractivity contribution in [2.75, 3.05) is 7.11 Å². The molecular formula is C10H14O. The van der Waals surface area contributed by atoms with Gasteiger partial charge >= 0.3 is 0 Å². The topological polar surface area (TPSA) is 9.23 Å². The van der Waals surface area contributed by atoms with Gasteiger partial charge in [0.25, 0.3) is 0 Å². The van der Waals surface area contributed by atoms with E-state index < -0.39 is 0 Å². The van der Waals surface area contributed by atoms with Crippen molar-refractivity contribution in [3.05, 3.63) is 35.1 Å². The standard InChI is InChI=1S/C10H14O/c1-8-4-5-9(2)7-10(6-8)11-3/h4,6-7H,5H2,1-3H3. The summed E-state index contributed by atoms with van der Waals surface area (Å²) in [7, 11) is 1.70. The minimum Gasteiger partial charge on any atom is -0.497 e. The SMILES string of the molecule is COC1=CC(C)=CCC(C)=C1. The molecule has 0 amide bonds. The molecule has 0 saturated heterocycles. The van der Waals surface area contributed by atoms with Gasteiger partial charge in [-0.05, 0) is 32.4 Å². The van der Waals surface area contributed by atoms with Crippen LogP contribution in [0.4, 0.5) is 0 Å². The fraction of sp³-hybridized carbons (Fsp3) is 0.400. The number of hydrogen-bond acceptors (Lipinski definition) is 1. The highest BCUT2D eigenvalue weighted by molar-refractivity contribution is 5.32. The lowest BCUT2D eigenvalue weighted by Gasteiger charge is -1.98. The molecule has 1 rings (SSSR count). The van der Waals surface area contributed by atoms with Crippen LogP contribution in [0.15, 0.2) is 35.1 Å². The van der Waals surface area contributed by atoms with Gasteiger partial charge in [-0.1, -0.05) is 17.2 Å². The predicted molar refractivity (Wildman–Crippen MR) is 47.2 cm³/mol. The van der Waals surface area contributed by atoms with Gasteiger partial charge in [0.15, 0.2) is 0 Å². The van der Waals surface area contributed by atoms with Crippen molar-refractivity contribution >= 4 is 0 Å². The van der Waals surface area contributed by atoms with Crippen molar-refractivity contribution in [1.82, 2.24) is 0 Å². The van der Waals surface area contributed by atoms with Gasteiger partial charge in [0.2, 0.25) is 0 Å². The van der Waals surface area contributed by atoms with Gasteiger partial charge < -0.3 is 4.74 Å². The Balaban J connectivity index is 2.89. The number of ether oxygens (including phenoxy) is 1. The third kappa shape index (κ3) is 2.26. The molecule has 1 heteroatoms. The summed E-state index contributed by atoms with van der Waals surface area (Å²) in [6, 6.07) is 0. The van der Waals surface area contributed by atoms with Crippen molar-refractivity contribution in [3.63, 3.8) is 0 Å². The summed E-state index contributed by atoms with van der Waals surface area (Å²) in [6.45, 7) is 4.20. The van der Waals surface area contributed by atoms with Gasteiger partial charge in [-0.25, -0.2) is 0 Å². The molecule has 0 bridgehead atoms. The number of rotatable bonds is 1. The van der Waals surface area contributed by atoms with E-state index >= 15 is 0 Å². The zero-order chi connectivity index (χ0) is 8.27. The van der Waals surface area contributed by atoms with E-state index in [9.17, 15) is 0 Å². The van der Waals surface area contributed by atoms with Gasteiger partial charge in [0.1, 0.15) is 5.76 Å². The smallest absolute Gasteiger partial charge is 0.119 e. The second-order valence-corrected chi connectivity index (χ2v) is 2.89. The summed E-state index contributed by atoms with van der Waals surface area (Å²) >= 11 is 0. The first-order valence-electron chi connectivity index (χ1n) is 3.82. The molecule has 60 valence electrons. The maximum absolute atomic E-state index is 5.16. The Hall–Kier alpha value is -0.980. The van der Waals surface area contributed by atoms with Crippen molar-refractivity contribution in [3.8, 4) is 0 Å². The zero-order valence-electron chi connectivity index (χ0n) is 7.35. The molecule has 0 N–H and O–H groups in total. The molecule has 1 aliphatic rings. The summed E-state index contributed by atoms with van der Waals surface area (Å²) in [5.74, 6) is 0.953. The second kappa shape index (κ2) is 3.42. The molecule has 0 fully saturated rings. The number of hydrogen-bond donors (Lipinski definition) is 0. The molecule has 11 heavy (non-hydrogen) atoms. The van der Waals surface area contributed by atoms with Crippen LogP contribution < -0.4 is 0 Å². The minimum atomic E-state index is 0.953. The van der Waals surface area contributed by atoms with Crippen LogP contribution in [0, 0.1) is 0 Å². The molecule has 0 heterocycles. The number of methoxy groups -OCH3 is 1. The average Bonchev–Trinajstić information content (AvgIpc) is 2.13. The maximum Gasteiger partial charge on any atom is 0.119 e. The second-order valence-electron chi connectivity index (χ2n) is 2.89. The van der Waals surface area contributed by atoms with Gasteiger partial charge in [-0.3, -0.25) is 0 Å². The Morgan fingerprint density at radius 1 is 1.27 bits per heavy atom. The lowest BCUT2D eigenvalue weighted by atomic mass is 10.2. The van der Waals surface area contributed by atoms with Crippen LogP contribution in [0.5, 0.6) is 0 Å². The van der Waals surface area contributed by atoms with E-state index in [2.05, 4.69) is 32.1 Å². The summed E-state index contributed by atoms with van der Waals surface area (Å²) < 4.78 is 5.16. The summed E-state index contributed by atoms with van der Waals surface area (Å²) in [4.78, 5) is 0. The first-order chi connectivity index (χ1) is 5.22. The van der Waals surface area contributed by atoms with Crippen LogP contribution >= 0.6 is 0 Å². The molecule has 1 nitrogen and oxygen atoms in total. The van der Waals surface area contributed by atoms with Crippen LogP contribution in [0.2, 0.25) is 0 Å². The number of allylic oxidation sites excluding steroid dienone is 5. The molecule has 0 unspecified atom stereocenters. The average molecular weight is 150 g/mol. The lowest BCUT2D eigenvalue weighted by Crippen LogP contribution is -1.81. The first-order valence-corrected chi connectivity index (χ1v) is 3.82. The molecule has 0 aromatic heterocycles. The molecule has 0 aromatic carbocycles. The Morgan fingerprint density at radius 3 is 2.64 bits per heavy atom. The van der Waals surface area contributed by atoms with Crippen LogP contribution in [0.1, 0.15) is 20.3 Å². The molecule has 0 atom stereocenters. The van der Waals surface area contributed by atoms with Crippen molar-refractivity contribution < 1.29 is 4.74 Å². The van der Waals surface area contributed by atoms with Crippen molar-refractivity contribution in [1.29, 1.82) is 0 Å². The van der Waals surface area contributed by atoms with Gasteiger partial charge in [0, 0.05) is 0 Å². The Bertz CT molecular complexity index is 231. The van der Waals surface area contributed by atoms with Gasteiger partial charge in [-0.15, -0.1) is 0 Å². The fourth-order valence-corrected chi connectivity index (χ4v) is 1.07. The molecular weight excluding hydrogens is 136 g/mol. The van der Waals surface area contributed by atoms with E-state index in [1.54, 1.807) is 7.11 Å². The predicted octanol–water partition coefficient (Wildman–Crippen LogP) is 2.81. The normalized spacial score (nSPS) is 17.9. The highest BCUT2D eigenvalue weighted by Gasteiger charge is 1.98. The van der Waals surface area contributed by atoms with Crippen LogP contribution in [-0.4, -0.2) is 7.11 Å². The van der Waals surface area contributed by atoms with Crippen LogP contribution in [0.25, 0.3) is 0 Å². The van der Waals surface area contributed by atoms with E-state index in [1.807, 2.05) is 0 Å². The van der Waals surface area contributed by atoms with Gasteiger partial charge in [-0.2, -0.15) is 0 Å². The highest BCUT2D eigenvalue weighted by atomic mass is 16.5. The minimum absolute atomic E-state index is 0.953. The quantitative estimate of drug-likeness (QED) is 0.558. The van der Waals surface area contributed by atoms with E-state index in [-0.39, 0.29) is 0 Å². The largest absolute Gasteiger partial charge is 0.497 e. The third-order valence-electron chi connectivity index (χ3n) is 1.74. The van der Waals surface area contributed by atoms with E-state index in [4.69, 9.17) is 4.74 Å². The van der Waals surface area contributed by atoms with Gasteiger partial charge in [0.05, 0.1) is 7.11 Å².